The van der Waals surface area contributed by atoms with Crippen molar-refractivity contribution in [1.82, 2.24) is 20.5 Å². The van der Waals surface area contributed by atoms with Crippen LogP contribution in [0.3, 0.4) is 0 Å². The van der Waals surface area contributed by atoms with Crippen molar-refractivity contribution in [3.05, 3.63) is 46.0 Å². The molecule has 0 spiro atoms. The Morgan fingerprint density at radius 3 is 2.95 bits per heavy atom. The van der Waals surface area contributed by atoms with Crippen LogP contribution in [0.25, 0.3) is 0 Å². The number of benzene rings is 1. The van der Waals surface area contributed by atoms with Gasteiger partial charge in [0, 0.05) is 11.8 Å². The van der Waals surface area contributed by atoms with Gasteiger partial charge in [-0.3, -0.25) is 20.0 Å². The van der Waals surface area contributed by atoms with Crippen molar-refractivity contribution in [2.75, 3.05) is 5.73 Å². The van der Waals surface area contributed by atoms with Gasteiger partial charge in [-0.1, -0.05) is 0 Å². The number of carbonyl (C=O) groups excluding carboxylic acids is 1. The first-order chi connectivity index (χ1) is 9.08. The minimum atomic E-state index is -0.636. The molecule has 0 radical (unpaired) electrons. The Morgan fingerprint density at radius 2 is 2.32 bits per heavy atom. The van der Waals surface area contributed by atoms with Gasteiger partial charge in [-0.2, -0.15) is 5.10 Å². The first-order valence-electron chi connectivity index (χ1n) is 5.24. The fourth-order valence-corrected chi connectivity index (χ4v) is 1.47. The van der Waals surface area contributed by atoms with Crippen LogP contribution in [0.2, 0.25) is 0 Å². The molecular formula is C10H10N6O3. The fraction of sp³-hybridized carbons (Fsp3) is 0.100. The van der Waals surface area contributed by atoms with Gasteiger partial charge in [-0.25, -0.2) is 4.98 Å². The SMILES string of the molecule is Nc1ccc([N+](=O)[O-])c(C(=O)NCc2ncn[nH]2)c1. The molecule has 0 atom stereocenters. The van der Waals surface area contributed by atoms with Crippen LogP contribution in [0, 0.1) is 10.1 Å². The molecule has 0 aliphatic heterocycles. The van der Waals surface area contributed by atoms with Crippen molar-refractivity contribution in [3.63, 3.8) is 0 Å². The number of H-pyrrole nitrogens is 1. The predicted octanol–water partition coefficient (Wildman–Crippen LogP) is 0.225. The largest absolute Gasteiger partial charge is 0.399 e. The summed E-state index contributed by atoms with van der Waals surface area (Å²) in [4.78, 5) is 25.9. The Kier molecular flexibility index (Phi) is 3.37. The van der Waals surface area contributed by atoms with E-state index in [1.807, 2.05) is 0 Å². The zero-order valence-electron chi connectivity index (χ0n) is 9.66. The van der Waals surface area contributed by atoms with E-state index in [0.29, 0.717) is 5.82 Å². The van der Waals surface area contributed by atoms with Crippen LogP contribution < -0.4 is 11.1 Å². The molecule has 2 aromatic rings. The number of nitrogen functional groups attached to an aromatic ring is 1. The number of nitrogens with one attached hydrogen (secondary N) is 2. The average Bonchev–Trinajstić information content (AvgIpc) is 2.88. The lowest BCUT2D eigenvalue weighted by Gasteiger charge is -2.05. The Labute approximate surface area is 107 Å². The number of nitro groups is 1. The molecule has 1 heterocycles. The highest BCUT2D eigenvalue weighted by molar-refractivity contribution is 5.98. The van der Waals surface area contributed by atoms with Gasteiger partial charge in [0.15, 0.2) is 0 Å². The maximum atomic E-state index is 11.9. The van der Waals surface area contributed by atoms with Crippen molar-refractivity contribution in [2.45, 2.75) is 6.54 Å². The van der Waals surface area contributed by atoms with Crippen LogP contribution in [-0.2, 0) is 6.54 Å². The van der Waals surface area contributed by atoms with Crippen LogP contribution in [0.5, 0.6) is 0 Å². The van der Waals surface area contributed by atoms with E-state index in [-0.39, 0.29) is 23.5 Å². The molecule has 98 valence electrons. The Bertz CT molecular complexity index is 610. The van der Waals surface area contributed by atoms with Crippen molar-refractivity contribution in [1.29, 1.82) is 0 Å². The van der Waals surface area contributed by atoms with E-state index in [2.05, 4.69) is 20.5 Å². The third-order valence-corrected chi connectivity index (χ3v) is 2.34. The van der Waals surface area contributed by atoms with Crippen LogP contribution in [-0.4, -0.2) is 26.0 Å². The van der Waals surface area contributed by atoms with Gasteiger partial charge in [-0.15, -0.1) is 0 Å². The molecule has 9 heteroatoms. The Hall–Kier alpha value is -2.97. The highest BCUT2D eigenvalue weighted by Crippen LogP contribution is 2.21. The highest BCUT2D eigenvalue weighted by Gasteiger charge is 2.20. The lowest BCUT2D eigenvalue weighted by atomic mass is 10.1. The number of aromatic nitrogens is 3. The summed E-state index contributed by atoms with van der Waals surface area (Å²) in [6, 6.07) is 3.82. The first-order valence-corrected chi connectivity index (χ1v) is 5.24. The van der Waals surface area contributed by atoms with Gasteiger partial charge in [0.2, 0.25) is 0 Å². The average molecular weight is 262 g/mol. The van der Waals surface area contributed by atoms with E-state index < -0.39 is 10.8 Å². The van der Waals surface area contributed by atoms with Gasteiger partial charge < -0.3 is 11.1 Å². The monoisotopic (exact) mass is 262 g/mol. The fourth-order valence-electron chi connectivity index (χ4n) is 1.47. The molecule has 4 N–H and O–H groups in total. The smallest absolute Gasteiger partial charge is 0.282 e. The van der Waals surface area contributed by atoms with E-state index in [9.17, 15) is 14.9 Å². The summed E-state index contributed by atoms with van der Waals surface area (Å²) in [6.45, 7) is 0.0881. The number of carbonyl (C=O) groups is 1. The van der Waals surface area contributed by atoms with E-state index in [1.165, 1.54) is 24.5 Å². The number of nitrogens with two attached hydrogens (primary N) is 1. The van der Waals surface area contributed by atoms with Crippen molar-refractivity contribution < 1.29 is 9.72 Å². The minimum absolute atomic E-state index is 0.0881. The molecule has 0 saturated carbocycles. The van der Waals surface area contributed by atoms with Crippen LogP contribution in [0.4, 0.5) is 11.4 Å². The Morgan fingerprint density at radius 1 is 1.53 bits per heavy atom. The molecule has 0 saturated heterocycles. The number of hydrogen-bond donors (Lipinski definition) is 3. The molecule has 0 bridgehead atoms. The number of aromatic amines is 1. The lowest BCUT2D eigenvalue weighted by molar-refractivity contribution is -0.385. The summed E-state index contributed by atoms with van der Waals surface area (Å²) in [7, 11) is 0. The summed E-state index contributed by atoms with van der Waals surface area (Å²) in [5.41, 5.74) is 5.40. The molecule has 9 nitrogen and oxygen atoms in total. The number of nitro benzene ring substituents is 1. The number of rotatable bonds is 4. The lowest BCUT2D eigenvalue weighted by Crippen LogP contribution is -2.24. The van der Waals surface area contributed by atoms with Crippen LogP contribution in [0.15, 0.2) is 24.5 Å². The van der Waals surface area contributed by atoms with Crippen LogP contribution in [0.1, 0.15) is 16.2 Å². The second-order valence-corrected chi connectivity index (χ2v) is 3.65. The molecular weight excluding hydrogens is 252 g/mol. The third kappa shape index (κ3) is 2.83. The molecule has 0 aliphatic rings. The second-order valence-electron chi connectivity index (χ2n) is 3.65. The van der Waals surface area contributed by atoms with Gasteiger partial charge in [-0.05, 0) is 12.1 Å². The summed E-state index contributed by atoms with van der Waals surface area (Å²) in [6.07, 6.45) is 1.30. The van der Waals surface area contributed by atoms with Gasteiger partial charge in [0.05, 0.1) is 11.5 Å². The standard InChI is InChI=1S/C10H10N6O3/c11-6-1-2-8(16(18)19)7(3-6)10(17)12-4-9-13-5-14-15-9/h1-3,5H,4,11H2,(H,12,17)(H,13,14,15). The first kappa shape index (κ1) is 12.5. The van der Waals surface area contributed by atoms with Crippen molar-refractivity contribution in [3.8, 4) is 0 Å². The number of amides is 1. The van der Waals surface area contributed by atoms with Crippen molar-refractivity contribution in [2.24, 2.45) is 0 Å². The molecule has 1 amide bonds. The maximum Gasteiger partial charge on any atom is 0.282 e. The number of anilines is 1. The van der Waals surface area contributed by atoms with Crippen molar-refractivity contribution >= 4 is 17.3 Å². The molecule has 1 aromatic carbocycles. The molecule has 0 unspecified atom stereocenters. The summed E-state index contributed by atoms with van der Waals surface area (Å²) in [5, 5.41) is 19.5. The van der Waals surface area contributed by atoms with E-state index in [0.717, 1.165) is 0 Å². The predicted molar refractivity (Wildman–Crippen MR) is 65.1 cm³/mol. The minimum Gasteiger partial charge on any atom is -0.399 e. The van der Waals surface area contributed by atoms with E-state index in [1.54, 1.807) is 0 Å². The van der Waals surface area contributed by atoms with E-state index in [4.69, 9.17) is 5.73 Å². The summed E-state index contributed by atoms with van der Waals surface area (Å²) in [5.74, 6) is -0.157. The maximum absolute atomic E-state index is 11.9. The molecule has 19 heavy (non-hydrogen) atoms. The zero-order chi connectivity index (χ0) is 13.8. The number of hydrogen-bond acceptors (Lipinski definition) is 6. The summed E-state index contributed by atoms with van der Waals surface area (Å²) < 4.78 is 0. The molecule has 0 fully saturated rings. The third-order valence-electron chi connectivity index (χ3n) is 2.34. The van der Waals surface area contributed by atoms with Gasteiger partial charge >= 0.3 is 0 Å². The second kappa shape index (κ2) is 5.12. The van der Waals surface area contributed by atoms with Crippen LogP contribution >= 0.6 is 0 Å². The van der Waals surface area contributed by atoms with E-state index >= 15 is 0 Å². The topological polar surface area (TPSA) is 140 Å². The normalized spacial score (nSPS) is 10.1. The zero-order valence-corrected chi connectivity index (χ0v) is 9.66. The molecule has 1 aromatic heterocycles. The summed E-state index contributed by atoms with van der Waals surface area (Å²) >= 11 is 0. The Balaban J connectivity index is 2.18. The molecule has 0 aliphatic carbocycles. The highest BCUT2D eigenvalue weighted by atomic mass is 16.6. The quantitative estimate of drug-likeness (QED) is 0.409. The number of nitrogens with zero attached hydrogens (tertiary/aromatic N) is 3. The molecule has 2 rings (SSSR count). The van der Waals surface area contributed by atoms with Gasteiger partial charge in [0.1, 0.15) is 17.7 Å². The van der Waals surface area contributed by atoms with Gasteiger partial charge in [0.25, 0.3) is 11.6 Å².